The second-order valence-electron chi connectivity index (χ2n) is 4.47. The zero-order valence-electron chi connectivity index (χ0n) is 11.2. The molecule has 0 aliphatic carbocycles. The standard InChI is InChI=1S/C15H12BrClN2S2/c1-20-15-19-13-5-3-10(7-14(13)21-15)18-8-9-2-4-11(16)12(17)6-9/h2-7,18H,8H2,1H3. The van der Waals surface area contributed by atoms with Crippen molar-refractivity contribution in [2.75, 3.05) is 11.6 Å². The van der Waals surface area contributed by atoms with E-state index in [0.29, 0.717) is 0 Å². The van der Waals surface area contributed by atoms with Crippen molar-refractivity contribution in [2.45, 2.75) is 10.9 Å². The number of anilines is 1. The van der Waals surface area contributed by atoms with Crippen LogP contribution in [0.25, 0.3) is 10.2 Å². The van der Waals surface area contributed by atoms with Crippen LogP contribution in [0.5, 0.6) is 0 Å². The van der Waals surface area contributed by atoms with Gasteiger partial charge in [0, 0.05) is 16.7 Å². The maximum Gasteiger partial charge on any atom is 0.150 e. The summed E-state index contributed by atoms with van der Waals surface area (Å²) in [4.78, 5) is 4.54. The molecule has 0 spiro atoms. The van der Waals surface area contributed by atoms with Gasteiger partial charge in [-0.15, -0.1) is 11.3 Å². The second kappa shape index (κ2) is 6.57. The van der Waals surface area contributed by atoms with Crippen LogP contribution in [0.15, 0.2) is 45.2 Å². The maximum absolute atomic E-state index is 6.11. The summed E-state index contributed by atoms with van der Waals surface area (Å²) in [6, 6.07) is 12.3. The van der Waals surface area contributed by atoms with Crippen molar-refractivity contribution in [2.24, 2.45) is 0 Å². The highest BCUT2D eigenvalue weighted by Gasteiger charge is 2.04. The zero-order valence-corrected chi connectivity index (χ0v) is 15.2. The summed E-state index contributed by atoms with van der Waals surface area (Å²) >= 11 is 12.9. The molecule has 3 rings (SSSR count). The van der Waals surface area contributed by atoms with E-state index in [2.05, 4.69) is 50.5 Å². The number of nitrogens with one attached hydrogen (secondary N) is 1. The highest BCUT2D eigenvalue weighted by molar-refractivity contribution is 9.10. The van der Waals surface area contributed by atoms with E-state index in [1.54, 1.807) is 23.1 Å². The van der Waals surface area contributed by atoms with Crippen molar-refractivity contribution < 1.29 is 0 Å². The van der Waals surface area contributed by atoms with E-state index in [1.807, 2.05) is 18.4 Å². The van der Waals surface area contributed by atoms with Gasteiger partial charge in [-0.05, 0) is 58.1 Å². The maximum atomic E-state index is 6.11. The van der Waals surface area contributed by atoms with E-state index in [9.17, 15) is 0 Å². The van der Waals surface area contributed by atoms with Gasteiger partial charge in [-0.3, -0.25) is 0 Å². The number of nitrogens with zero attached hydrogens (tertiary/aromatic N) is 1. The average molecular weight is 400 g/mol. The Morgan fingerprint density at radius 3 is 2.90 bits per heavy atom. The quantitative estimate of drug-likeness (QED) is 0.541. The SMILES string of the molecule is CSc1nc2ccc(NCc3ccc(Br)c(Cl)c3)cc2s1. The van der Waals surface area contributed by atoms with Crippen molar-refractivity contribution in [3.8, 4) is 0 Å². The van der Waals surface area contributed by atoms with Crippen LogP contribution in [0, 0.1) is 0 Å². The minimum atomic E-state index is 0.733. The molecule has 0 saturated heterocycles. The molecule has 0 unspecified atom stereocenters. The summed E-state index contributed by atoms with van der Waals surface area (Å²) in [5, 5.41) is 4.16. The normalized spacial score (nSPS) is 11.0. The molecule has 1 aromatic heterocycles. The smallest absolute Gasteiger partial charge is 0.150 e. The minimum Gasteiger partial charge on any atom is -0.381 e. The molecule has 21 heavy (non-hydrogen) atoms. The lowest BCUT2D eigenvalue weighted by Crippen LogP contribution is -1.99. The molecular weight excluding hydrogens is 388 g/mol. The van der Waals surface area contributed by atoms with E-state index in [1.165, 1.54) is 4.70 Å². The van der Waals surface area contributed by atoms with E-state index in [4.69, 9.17) is 11.6 Å². The molecule has 108 valence electrons. The van der Waals surface area contributed by atoms with Crippen LogP contribution in [0.4, 0.5) is 5.69 Å². The van der Waals surface area contributed by atoms with Gasteiger partial charge in [-0.25, -0.2) is 4.98 Å². The average Bonchev–Trinajstić information content (AvgIpc) is 2.90. The molecule has 1 heterocycles. The number of benzene rings is 2. The first-order chi connectivity index (χ1) is 10.2. The zero-order chi connectivity index (χ0) is 14.8. The van der Waals surface area contributed by atoms with Crippen LogP contribution >= 0.6 is 50.6 Å². The number of halogens is 2. The van der Waals surface area contributed by atoms with Crippen LogP contribution in [0.1, 0.15) is 5.56 Å². The number of fused-ring (bicyclic) bond motifs is 1. The predicted molar refractivity (Wildman–Crippen MR) is 97.9 cm³/mol. The lowest BCUT2D eigenvalue weighted by molar-refractivity contribution is 1.15. The largest absolute Gasteiger partial charge is 0.381 e. The molecule has 3 aromatic rings. The summed E-state index contributed by atoms with van der Waals surface area (Å²) in [6.45, 7) is 0.743. The summed E-state index contributed by atoms with van der Waals surface area (Å²) in [5.41, 5.74) is 3.30. The molecule has 0 aliphatic heterocycles. The van der Waals surface area contributed by atoms with Gasteiger partial charge in [0.1, 0.15) is 0 Å². The monoisotopic (exact) mass is 398 g/mol. The van der Waals surface area contributed by atoms with Crippen LogP contribution in [-0.4, -0.2) is 11.2 Å². The Bertz CT molecular complexity index is 788. The third-order valence-corrected chi connectivity index (χ3v) is 6.26. The van der Waals surface area contributed by atoms with Gasteiger partial charge in [-0.2, -0.15) is 0 Å². The third-order valence-electron chi connectivity index (χ3n) is 3.02. The fraction of sp³-hybridized carbons (Fsp3) is 0.133. The lowest BCUT2D eigenvalue weighted by atomic mass is 10.2. The van der Waals surface area contributed by atoms with Gasteiger partial charge >= 0.3 is 0 Å². The van der Waals surface area contributed by atoms with Gasteiger partial charge in [0.25, 0.3) is 0 Å². The Balaban J connectivity index is 1.76. The van der Waals surface area contributed by atoms with Gasteiger partial charge < -0.3 is 5.32 Å². The van der Waals surface area contributed by atoms with Crippen LogP contribution in [0.2, 0.25) is 5.02 Å². The first-order valence-corrected chi connectivity index (χ1v) is 9.49. The first kappa shape index (κ1) is 15.2. The number of aromatic nitrogens is 1. The van der Waals surface area contributed by atoms with Gasteiger partial charge in [0.15, 0.2) is 4.34 Å². The lowest BCUT2D eigenvalue weighted by Gasteiger charge is -2.07. The fourth-order valence-corrected chi connectivity index (χ4v) is 3.93. The second-order valence-corrected chi connectivity index (χ2v) is 7.81. The molecule has 0 bridgehead atoms. The minimum absolute atomic E-state index is 0.733. The highest BCUT2D eigenvalue weighted by Crippen LogP contribution is 2.30. The van der Waals surface area contributed by atoms with Gasteiger partial charge in [0.05, 0.1) is 15.2 Å². The predicted octanol–water partition coefficient (Wildman–Crippen LogP) is 6.05. The van der Waals surface area contributed by atoms with E-state index in [-0.39, 0.29) is 0 Å². The molecule has 0 radical (unpaired) electrons. The summed E-state index contributed by atoms with van der Waals surface area (Å²) in [5.74, 6) is 0. The molecule has 0 fully saturated rings. The Hall–Kier alpha value is -0.750. The van der Waals surface area contributed by atoms with E-state index < -0.39 is 0 Å². The Morgan fingerprint density at radius 1 is 1.29 bits per heavy atom. The number of thiazole rings is 1. The van der Waals surface area contributed by atoms with Crippen LogP contribution < -0.4 is 5.32 Å². The molecule has 2 nitrogen and oxygen atoms in total. The molecule has 0 aliphatic rings. The Labute approximate surface area is 145 Å². The Kier molecular flexibility index (Phi) is 4.74. The van der Waals surface area contributed by atoms with Crippen LogP contribution in [0.3, 0.4) is 0 Å². The number of thioether (sulfide) groups is 1. The first-order valence-electron chi connectivity index (χ1n) is 6.28. The van der Waals surface area contributed by atoms with E-state index in [0.717, 1.165) is 37.1 Å². The number of hydrogen-bond acceptors (Lipinski definition) is 4. The van der Waals surface area contributed by atoms with Crippen molar-refractivity contribution >= 4 is 66.5 Å². The molecule has 0 saturated carbocycles. The third kappa shape index (κ3) is 3.54. The molecule has 2 aromatic carbocycles. The number of hydrogen-bond donors (Lipinski definition) is 1. The molecule has 6 heteroatoms. The van der Waals surface area contributed by atoms with E-state index >= 15 is 0 Å². The van der Waals surface area contributed by atoms with Crippen molar-refractivity contribution in [3.05, 3.63) is 51.5 Å². The van der Waals surface area contributed by atoms with Crippen molar-refractivity contribution in [1.82, 2.24) is 4.98 Å². The van der Waals surface area contributed by atoms with Crippen molar-refractivity contribution in [3.63, 3.8) is 0 Å². The van der Waals surface area contributed by atoms with Crippen molar-refractivity contribution in [1.29, 1.82) is 0 Å². The molecular formula is C15H12BrClN2S2. The molecule has 0 amide bonds. The van der Waals surface area contributed by atoms with Gasteiger partial charge in [0.2, 0.25) is 0 Å². The number of rotatable bonds is 4. The molecule has 1 N–H and O–H groups in total. The highest BCUT2D eigenvalue weighted by atomic mass is 79.9. The molecule has 0 atom stereocenters. The fourth-order valence-electron chi connectivity index (χ4n) is 1.95. The topological polar surface area (TPSA) is 24.9 Å². The summed E-state index contributed by atoms with van der Waals surface area (Å²) in [7, 11) is 0. The van der Waals surface area contributed by atoms with Gasteiger partial charge in [-0.1, -0.05) is 29.4 Å². The Morgan fingerprint density at radius 2 is 2.14 bits per heavy atom. The summed E-state index contributed by atoms with van der Waals surface area (Å²) in [6.07, 6.45) is 2.05. The summed E-state index contributed by atoms with van der Waals surface area (Å²) < 4.78 is 3.23. The van der Waals surface area contributed by atoms with Crippen LogP contribution in [-0.2, 0) is 6.54 Å².